The van der Waals surface area contributed by atoms with Crippen LogP contribution in [0.1, 0.15) is 25.7 Å². The van der Waals surface area contributed by atoms with Crippen LogP contribution in [0, 0.1) is 16.0 Å². The van der Waals surface area contributed by atoms with Crippen LogP contribution >= 0.6 is 0 Å². The zero-order chi connectivity index (χ0) is 16.3. The van der Waals surface area contributed by atoms with Crippen LogP contribution in [0.4, 0.5) is 11.4 Å². The zero-order valence-electron chi connectivity index (χ0n) is 11.9. The molecule has 0 aromatic heterocycles. The fraction of sp³-hybridized carbons (Fsp3) is 0.538. The van der Waals surface area contributed by atoms with E-state index in [0.29, 0.717) is 0 Å². The van der Waals surface area contributed by atoms with E-state index >= 15 is 0 Å². The summed E-state index contributed by atoms with van der Waals surface area (Å²) in [6.45, 7) is 0.172. The number of aliphatic hydroxyl groups is 1. The second-order valence-corrected chi connectivity index (χ2v) is 7.01. The molecular weight excluding hydrogens is 310 g/mol. The quantitative estimate of drug-likeness (QED) is 0.530. The first-order valence-electron chi connectivity index (χ1n) is 7.02. The molecule has 9 heteroatoms. The van der Waals surface area contributed by atoms with Gasteiger partial charge in [-0.1, -0.05) is 12.8 Å². The summed E-state index contributed by atoms with van der Waals surface area (Å²) < 4.78 is 23.2. The Kier molecular flexibility index (Phi) is 4.99. The third kappa shape index (κ3) is 3.93. The lowest BCUT2D eigenvalue weighted by Gasteiger charge is -2.19. The minimum absolute atomic E-state index is 0.158. The summed E-state index contributed by atoms with van der Waals surface area (Å²) in [5.41, 5.74) is -0.198. The number of anilines is 1. The van der Waals surface area contributed by atoms with E-state index in [1.807, 2.05) is 0 Å². The zero-order valence-corrected chi connectivity index (χ0v) is 12.8. The fourth-order valence-corrected chi connectivity index (χ4v) is 3.46. The van der Waals surface area contributed by atoms with Crippen molar-refractivity contribution in [3.05, 3.63) is 28.3 Å². The molecule has 2 rings (SSSR count). The number of sulfonamides is 1. The molecule has 1 aromatic rings. The number of primary sulfonamides is 1. The number of rotatable bonds is 6. The van der Waals surface area contributed by atoms with Crippen molar-refractivity contribution in [2.75, 3.05) is 11.9 Å². The standard InChI is InChI=1S/C13H19N3O5S/c14-22(20,21)13-7-10(16(18)19)5-6-11(13)15-8-12(17)9-3-1-2-4-9/h5-7,9,12,15,17H,1-4,8H2,(H2,14,20,21). The Labute approximate surface area is 128 Å². The summed E-state index contributed by atoms with van der Waals surface area (Å²) in [4.78, 5) is 9.71. The van der Waals surface area contributed by atoms with Gasteiger partial charge in [-0.05, 0) is 24.8 Å². The number of hydrogen-bond donors (Lipinski definition) is 3. The van der Waals surface area contributed by atoms with Crippen molar-refractivity contribution in [2.45, 2.75) is 36.7 Å². The van der Waals surface area contributed by atoms with Crippen LogP contribution in [0.25, 0.3) is 0 Å². The molecule has 122 valence electrons. The van der Waals surface area contributed by atoms with E-state index in [1.165, 1.54) is 12.1 Å². The number of nitrogens with two attached hydrogens (primary N) is 1. The number of nitro groups is 1. The van der Waals surface area contributed by atoms with Crippen molar-refractivity contribution in [3.8, 4) is 0 Å². The molecule has 0 heterocycles. The Morgan fingerprint density at radius 1 is 1.41 bits per heavy atom. The Morgan fingerprint density at radius 2 is 2.05 bits per heavy atom. The normalized spacial score (nSPS) is 17.4. The van der Waals surface area contributed by atoms with E-state index in [0.717, 1.165) is 31.7 Å². The maximum atomic E-state index is 11.6. The van der Waals surface area contributed by atoms with Gasteiger partial charge < -0.3 is 10.4 Å². The Bertz CT molecular complexity index is 656. The van der Waals surface area contributed by atoms with Crippen molar-refractivity contribution in [2.24, 2.45) is 11.1 Å². The van der Waals surface area contributed by atoms with Gasteiger partial charge in [-0.25, -0.2) is 13.6 Å². The van der Waals surface area contributed by atoms with Crippen LogP contribution in [0.2, 0.25) is 0 Å². The molecule has 0 radical (unpaired) electrons. The summed E-state index contributed by atoms with van der Waals surface area (Å²) in [5, 5.41) is 28.8. The number of aliphatic hydroxyl groups excluding tert-OH is 1. The van der Waals surface area contributed by atoms with Crippen molar-refractivity contribution >= 4 is 21.4 Å². The average Bonchev–Trinajstić information content (AvgIpc) is 2.97. The smallest absolute Gasteiger partial charge is 0.270 e. The van der Waals surface area contributed by atoms with Crippen LogP contribution < -0.4 is 10.5 Å². The molecule has 1 atom stereocenters. The predicted octanol–water partition coefficient (Wildman–Crippen LogP) is 1.21. The summed E-state index contributed by atoms with van der Waals surface area (Å²) in [6.07, 6.45) is 3.48. The second-order valence-electron chi connectivity index (χ2n) is 5.48. The molecule has 0 aliphatic heterocycles. The lowest BCUT2D eigenvalue weighted by atomic mass is 10.0. The maximum Gasteiger partial charge on any atom is 0.270 e. The van der Waals surface area contributed by atoms with E-state index < -0.39 is 21.1 Å². The molecule has 1 unspecified atom stereocenters. The second kappa shape index (κ2) is 6.59. The molecule has 22 heavy (non-hydrogen) atoms. The SMILES string of the molecule is NS(=O)(=O)c1cc([N+](=O)[O-])ccc1NCC(O)C1CCCC1. The highest BCUT2D eigenvalue weighted by Crippen LogP contribution is 2.29. The first-order chi connectivity index (χ1) is 10.3. The highest BCUT2D eigenvalue weighted by molar-refractivity contribution is 7.89. The van der Waals surface area contributed by atoms with Gasteiger partial charge in [0, 0.05) is 18.7 Å². The molecule has 4 N–H and O–H groups in total. The van der Waals surface area contributed by atoms with Gasteiger partial charge in [0.1, 0.15) is 4.90 Å². The molecule has 1 saturated carbocycles. The molecule has 0 spiro atoms. The van der Waals surface area contributed by atoms with Crippen molar-refractivity contribution in [1.82, 2.24) is 0 Å². The average molecular weight is 329 g/mol. The van der Waals surface area contributed by atoms with Crippen LogP contribution in [0.5, 0.6) is 0 Å². The fourth-order valence-electron chi connectivity index (χ4n) is 2.73. The summed E-state index contributed by atoms with van der Waals surface area (Å²) in [5.74, 6) is 0.198. The van der Waals surface area contributed by atoms with Gasteiger partial charge >= 0.3 is 0 Å². The van der Waals surface area contributed by atoms with Gasteiger partial charge in [-0.15, -0.1) is 0 Å². The largest absolute Gasteiger partial charge is 0.391 e. The molecular formula is C13H19N3O5S. The summed E-state index contributed by atoms with van der Waals surface area (Å²) in [6, 6.07) is 3.40. The predicted molar refractivity (Wildman–Crippen MR) is 80.9 cm³/mol. The Hall–Kier alpha value is -1.71. The number of non-ortho nitro benzene ring substituents is 1. The lowest BCUT2D eigenvalue weighted by Crippen LogP contribution is -2.27. The molecule has 0 bridgehead atoms. The third-order valence-corrected chi connectivity index (χ3v) is 4.88. The van der Waals surface area contributed by atoms with E-state index in [1.54, 1.807) is 0 Å². The number of hydrogen-bond acceptors (Lipinski definition) is 6. The van der Waals surface area contributed by atoms with Gasteiger partial charge in [0.15, 0.2) is 0 Å². The number of nitrogens with zero attached hydrogens (tertiary/aromatic N) is 1. The molecule has 1 fully saturated rings. The Balaban J connectivity index is 2.17. The molecule has 0 amide bonds. The van der Waals surface area contributed by atoms with Gasteiger partial charge in [-0.3, -0.25) is 10.1 Å². The van der Waals surface area contributed by atoms with Crippen LogP contribution in [-0.4, -0.2) is 31.1 Å². The summed E-state index contributed by atoms with van der Waals surface area (Å²) in [7, 11) is -4.10. The lowest BCUT2D eigenvalue weighted by molar-refractivity contribution is -0.385. The van der Waals surface area contributed by atoms with E-state index in [2.05, 4.69) is 5.32 Å². The number of nitro benzene ring substituents is 1. The molecule has 0 saturated heterocycles. The maximum absolute atomic E-state index is 11.6. The van der Waals surface area contributed by atoms with Crippen molar-refractivity contribution in [1.29, 1.82) is 0 Å². The van der Waals surface area contributed by atoms with Gasteiger partial charge in [-0.2, -0.15) is 0 Å². The van der Waals surface area contributed by atoms with E-state index in [-0.39, 0.29) is 28.7 Å². The Morgan fingerprint density at radius 3 is 2.59 bits per heavy atom. The highest BCUT2D eigenvalue weighted by atomic mass is 32.2. The van der Waals surface area contributed by atoms with Crippen molar-refractivity contribution < 1.29 is 18.4 Å². The first-order valence-corrected chi connectivity index (χ1v) is 8.57. The van der Waals surface area contributed by atoms with E-state index in [9.17, 15) is 23.6 Å². The van der Waals surface area contributed by atoms with Crippen LogP contribution in [0.15, 0.2) is 23.1 Å². The molecule has 1 aliphatic carbocycles. The molecule has 1 aliphatic rings. The van der Waals surface area contributed by atoms with Crippen molar-refractivity contribution in [3.63, 3.8) is 0 Å². The first kappa shape index (κ1) is 16.7. The van der Waals surface area contributed by atoms with Gasteiger partial charge in [0.25, 0.3) is 5.69 Å². The van der Waals surface area contributed by atoms with Crippen LogP contribution in [-0.2, 0) is 10.0 Å². The highest BCUT2D eigenvalue weighted by Gasteiger charge is 2.24. The van der Waals surface area contributed by atoms with Gasteiger partial charge in [0.2, 0.25) is 10.0 Å². The third-order valence-electron chi connectivity index (χ3n) is 3.93. The topological polar surface area (TPSA) is 136 Å². The number of benzene rings is 1. The monoisotopic (exact) mass is 329 g/mol. The van der Waals surface area contributed by atoms with E-state index in [4.69, 9.17) is 5.14 Å². The molecule has 1 aromatic carbocycles. The van der Waals surface area contributed by atoms with Crippen LogP contribution in [0.3, 0.4) is 0 Å². The van der Waals surface area contributed by atoms with Gasteiger partial charge in [0.05, 0.1) is 16.7 Å². The minimum atomic E-state index is -4.10. The molecule has 8 nitrogen and oxygen atoms in total. The minimum Gasteiger partial charge on any atom is -0.391 e. The summed E-state index contributed by atoms with van der Waals surface area (Å²) >= 11 is 0. The number of nitrogens with one attached hydrogen (secondary N) is 1.